The molecule has 1 atom stereocenters. The number of carbonyl (C=O) groups excluding carboxylic acids is 1. The second kappa shape index (κ2) is 12.5. The largest absolute Gasteiger partial charge is 0.369 e. The molecule has 0 bridgehead atoms. The first-order chi connectivity index (χ1) is 13.4. The van der Waals surface area contributed by atoms with E-state index in [2.05, 4.69) is 64.2 Å². The van der Waals surface area contributed by atoms with Gasteiger partial charge in [-0.25, -0.2) is 0 Å². The summed E-state index contributed by atoms with van der Waals surface area (Å²) in [6.45, 7) is 7.47. The van der Waals surface area contributed by atoms with Crippen LogP contribution in [0.4, 0.5) is 0 Å². The minimum absolute atomic E-state index is 0. The van der Waals surface area contributed by atoms with Gasteiger partial charge >= 0.3 is 0 Å². The van der Waals surface area contributed by atoms with E-state index >= 15 is 0 Å². The maximum absolute atomic E-state index is 11.6. The number of guanidine groups is 1. The number of nitrogens with one attached hydrogen (secondary N) is 2. The number of aliphatic imine (C=N–C) groups is 1. The quantitative estimate of drug-likeness (QED) is 0.275. The molecule has 0 aromatic heterocycles. The molecule has 29 heavy (non-hydrogen) atoms. The molecule has 158 valence electrons. The SMILES string of the molecule is CCNC(=NCC(C)(C)C(N)=O)NCC(Cc1ccccc1)c1ccccc1.I. The summed E-state index contributed by atoms with van der Waals surface area (Å²) in [4.78, 5) is 16.1. The fourth-order valence-corrected chi connectivity index (χ4v) is 2.85. The minimum atomic E-state index is -0.675. The van der Waals surface area contributed by atoms with Gasteiger partial charge in [-0.2, -0.15) is 0 Å². The van der Waals surface area contributed by atoms with Crippen LogP contribution >= 0.6 is 24.0 Å². The average molecular weight is 508 g/mol. The molecule has 1 unspecified atom stereocenters. The zero-order valence-corrected chi connectivity index (χ0v) is 19.9. The Balaban J connectivity index is 0.00000420. The lowest BCUT2D eigenvalue weighted by atomic mass is 9.92. The summed E-state index contributed by atoms with van der Waals surface area (Å²) in [5.74, 6) is 0.653. The van der Waals surface area contributed by atoms with Crippen LogP contribution in [0.25, 0.3) is 0 Å². The lowest BCUT2D eigenvalue weighted by molar-refractivity contribution is -0.125. The van der Waals surface area contributed by atoms with Crippen molar-refractivity contribution in [3.63, 3.8) is 0 Å². The number of nitrogens with zero attached hydrogens (tertiary/aromatic N) is 1. The standard InChI is InChI=1S/C23H32N4O.HI/c1-4-25-22(27-17-23(2,3)21(24)28)26-16-20(19-13-9-6-10-14-19)15-18-11-7-5-8-12-18;/h5-14,20H,4,15-17H2,1-3H3,(H2,24,28)(H2,25,26,27);1H. The second-order valence-corrected chi connectivity index (χ2v) is 7.62. The normalized spacial score (nSPS) is 12.6. The van der Waals surface area contributed by atoms with Crippen LogP contribution in [-0.4, -0.2) is 31.5 Å². The molecule has 0 aliphatic rings. The van der Waals surface area contributed by atoms with Crippen LogP contribution in [0, 0.1) is 5.41 Å². The van der Waals surface area contributed by atoms with Gasteiger partial charge in [-0.05, 0) is 38.3 Å². The number of rotatable bonds is 9. The van der Waals surface area contributed by atoms with Crippen molar-refractivity contribution >= 4 is 35.8 Å². The molecule has 0 spiro atoms. The monoisotopic (exact) mass is 508 g/mol. The summed E-state index contributed by atoms with van der Waals surface area (Å²) >= 11 is 0. The van der Waals surface area contributed by atoms with E-state index in [-0.39, 0.29) is 29.9 Å². The van der Waals surface area contributed by atoms with Gasteiger partial charge in [-0.15, -0.1) is 24.0 Å². The minimum Gasteiger partial charge on any atom is -0.369 e. The van der Waals surface area contributed by atoms with E-state index in [4.69, 9.17) is 5.73 Å². The Kier molecular flexibility index (Phi) is 10.7. The van der Waals surface area contributed by atoms with E-state index in [0.29, 0.717) is 18.4 Å². The second-order valence-electron chi connectivity index (χ2n) is 7.62. The van der Waals surface area contributed by atoms with Crippen LogP contribution < -0.4 is 16.4 Å². The van der Waals surface area contributed by atoms with Crippen LogP contribution in [0.1, 0.15) is 37.8 Å². The highest BCUT2D eigenvalue weighted by atomic mass is 127. The van der Waals surface area contributed by atoms with Gasteiger partial charge < -0.3 is 16.4 Å². The maximum atomic E-state index is 11.6. The van der Waals surface area contributed by atoms with Crippen LogP contribution in [0.15, 0.2) is 65.7 Å². The van der Waals surface area contributed by atoms with Gasteiger partial charge in [0, 0.05) is 19.0 Å². The summed E-state index contributed by atoms with van der Waals surface area (Å²) in [6, 6.07) is 21.0. The van der Waals surface area contributed by atoms with Crippen molar-refractivity contribution in [2.24, 2.45) is 16.1 Å². The van der Waals surface area contributed by atoms with E-state index < -0.39 is 5.41 Å². The van der Waals surface area contributed by atoms with Gasteiger partial charge in [-0.1, -0.05) is 60.7 Å². The molecule has 0 radical (unpaired) electrons. The molecule has 1 amide bonds. The maximum Gasteiger partial charge on any atom is 0.224 e. The number of primary amides is 1. The van der Waals surface area contributed by atoms with Crippen molar-refractivity contribution in [1.82, 2.24) is 10.6 Å². The molecule has 0 fully saturated rings. The molecule has 5 nitrogen and oxygen atoms in total. The zero-order valence-electron chi connectivity index (χ0n) is 17.5. The van der Waals surface area contributed by atoms with Crippen molar-refractivity contribution in [1.29, 1.82) is 0 Å². The van der Waals surface area contributed by atoms with Crippen molar-refractivity contribution in [2.75, 3.05) is 19.6 Å². The molecule has 2 rings (SSSR count). The molecule has 0 aliphatic carbocycles. The summed E-state index contributed by atoms with van der Waals surface area (Å²) in [6.07, 6.45) is 0.935. The topological polar surface area (TPSA) is 79.5 Å². The van der Waals surface area contributed by atoms with Gasteiger partial charge in [0.05, 0.1) is 12.0 Å². The first-order valence-electron chi connectivity index (χ1n) is 9.83. The van der Waals surface area contributed by atoms with Crippen molar-refractivity contribution in [3.05, 3.63) is 71.8 Å². The Morgan fingerprint density at radius 3 is 2.17 bits per heavy atom. The molecule has 2 aromatic rings. The highest BCUT2D eigenvalue weighted by Crippen LogP contribution is 2.20. The number of hydrogen-bond acceptors (Lipinski definition) is 2. The Labute approximate surface area is 191 Å². The number of carbonyl (C=O) groups is 1. The number of benzene rings is 2. The third-order valence-corrected chi connectivity index (χ3v) is 4.76. The predicted molar refractivity (Wildman–Crippen MR) is 132 cm³/mol. The van der Waals surface area contributed by atoms with Gasteiger partial charge in [0.1, 0.15) is 0 Å². The predicted octanol–water partition coefficient (Wildman–Crippen LogP) is 3.70. The van der Waals surface area contributed by atoms with Crippen molar-refractivity contribution in [3.8, 4) is 0 Å². The van der Waals surface area contributed by atoms with E-state index in [9.17, 15) is 4.79 Å². The van der Waals surface area contributed by atoms with Crippen LogP contribution in [0.5, 0.6) is 0 Å². The number of nitrogens with two attached hydrogens (primary N) is 1. The van der Waals surface area contributed by atoms with Crippen LogP contribution in [0.2, 0.25) is 0 Å². The molecule has 4 N–H and O–H groups in total. The average Bonchev–Trinajstić information content (AvgIpc) is 2.70. The number of halogens is 1. The summed E-state index contributed by atoms with van der Waals surface area (Å²) in [7, 11) is 0. The molecule has 0 saturated carbocycles. The zero-order chi connectivity index (χ0) is 20.4. The van der Waals surface area contributed by atoms with Crippen LogP contribution in [0.3, 0.4) is 0 Å². The summed E-state index contributed by atoms with van der Waals surface area (Å²) < 4.78 is 0. The van der Waals surface area contributed by atoms with Crippen LogP contribution in [-0.2, 0) is 11.2 Å². The Hall–Kier alpha value is -2.09. The van der Waals surface area contributed by atoms with E-state index in [0.717, 1.165) is 19.5 Å². The number of amides is 1. The van der Waals surface area contributed by atoms with E-state index in [1.807, 2.05) is 32.9 Å². The van der Waals surface area contributed by atoms with Gasteiger partial charge in [0.25, 0.3) is 0 Å². The van der Waals surface area contributed by atoms with Crippen molar-refractivity contribution in [2.45, 2.75) is 33.1 Å². The van der Waals surface area contributed by atoms with E-state index in [1.54, 1.807) is 0 Å². The highest BCUT2D eigenvalue weighted by molar-refractivity contribution is 14.0. The fraction of sp³-hybridized carbons (Fsp3) is 0.391. The lowest BCUT2D eigenvalue weighted by Crippen LogP contribution is -2.41. The first-order valence-corrected chi connectivity index (χ1v) is 9.83. The summed E-state index contributed by atoms with van der Waals surface area (Å²) in [5, 5.41) is 6.69. The lowest BCUT2D eigenvalue weighted by Gasteiger charge is -2.22. The Morgan fingerprint density at radius 1 is 1.03 bits per heavy atom. The smallest absolute Gasteiger partial charge is 0.224 e. The molecular weight excluding hydrogens is 475 g/mol. The molecule has 2 aromatic carbocycles. The van der Waals surface area contributed by atoms with Gasteiger partial charge in [-0.3, -0.25) is 9.79 Å². The van der Waals surface area contributed by atoms with Crippen molar-refractivity contribution < 1.29 is 4.79 Å². The first kappa shape index (κ1) is 24.9. The molecule has 0 heterocycles. The molecule has 0 saturated heterocycles. The number of hydrogen-bond donors (Lipinski definition) is 3. The third-order valence-electron chi connectivity index (χ3n) is 4.76. The third kappa shape index (κ3) is 8.43. The summed E-state index contributed by atoms with van der Waals surface area (Å²) in [5.41, 5.74) is 7.38. The Morgan fingerprint density at radius 2 is 1.62 bits per heavy atom. The molecular formula is C23H33IN4O. The molecule has 0 aliphatic heterocycles. The van der Waals surface area contributed by atoms with Gasteiger partial charge in [0.15, 0.2) is 5.96 Å². The van der Waals surface area contributed by atoms with Gasteiger partial charge in [0.2, 0.25) is 5.91 Å². The van der Waals surface area contributed by atoms with E-state index in [1.165, 1.54) is 11.1 Å². The Bertz CT molecular complexity index is 763. The fourth-order valence-electron chi connectivity index (χ4n) is 2.85. The highest BCUT2D eigenvalue weighted by Gasteiger charge is 2.24. The molecule has 6 heteroatoms.